The van der Waals surface area contributed by atoms with Gasteiger partial charge in [0, 0.05) is 23.2 Å². The fraction of sp³-hybridized carbons (Fsp3) is 0.222. The highest BCUT2D eigenvalue weighted by Gasteiger charge is 2.34. The first-order valence-corrected chi connectivity index (χ1v) is 11.2. The lowest BCUT2D eigenvalue weighted by Crippen LogP contribution is -2.26. The second-order valence-electron chi connectivity index (χ2n) is 8.82. The van der Waals surface area contributed by atoms with E-state index < -0.39 is 23.5 Å². The second-order valence-corrected chi connectivity index (χ2v) is 8.82. The average Bonchev–Trinajstić information content (AvgIpc) is 3.31. The molecule has 4 aromatic rings. The van der Waals surface area contributed by atoms with Crippen molar-refractivity contribution in [2.45, 2.75) is 26.6 Å². The van der Waals surface area contributed by atoms with Gasteiger partial charge in [0.1, 0.15) is 5.82 Å². The quantitative estimate of drug-likeness (QED) is 0.290. The number of rotatable bonds is 7. The number of carboxylic acids is 1. The van der Waals surface area contributed by atoms with Crippen LogP contribution in [0.1, 0.15) is 22.3 Å². The van der Waals surface area contributed by atoms with Crippen LogP contribution in [0.4, 0.5) is 17.6 Å². The standard InChI is InChI=1S/C27H23F4N3O3/c1-15-6-4-5-7-19(15)20-9-8-17(11-22(20)27(29,30)31)26-32-25(33-37-26)18-10-16(2)21(23(28)12-18)13-34(3)14-24(35)36/h4-12H,13-14H2,1-3H3,(H,35,36). The Bertz CT molecular complexity index is 1440. The van der Waals surface area contributed by atoms with Gasteiger partial charge in [0.05, 0.1) is 12.1 Å². The lowest BCUT2D eigenvalue weighted by molar-refractivity contribution is -0.138. The molecule has 6 nitrogen and oxygen atoms in total. The van der Waals surface area contributed by atoms with Gasteiger partial charge in [0.15, 0.2) is 0 Å². The summed E-state index contributed by atoms with van der Waals surface area (Å²) in [5.41, 5.74) is 1.59. The predicted molar refractivity (Wildman–Crippen MR) is 129 cm³/mol. The predicted octanol–water partition coefficient (Wildman–Crippen LogP) is 6.36. The Labute approximate surface area is 210 Å². The van der Waals surface area contributed by atoms with Crippen molar-refractivity contribution in [2.24, 2.45) is 0 Å². The molecule has 0 aliphatic rings. The first kappa shape index (κ1) is 26.0. The molecule has 0 amide bonds. The summed E-state index contributed by atoms with van der Waals surface area (Å²) >= 11 is 0. The van der Waals surface area contributed by atoms with Gasteiger partial charge in [0.2, 0.25) is 5.82 Å². The zero-order valence-corrected chi connectivity index (χ0v) is 20.2. The van der Waals surface area contributed by atoms with E-state index in [1.807, 2.05) is 0 Å². The zero-order valence-electron chi connectivity index (χ0n) is 20.2. The normalized spacial score (nSPS) is 11.8. The number of aromatic nitrogens is 2. The van der Waals surface area contributed by atoms with Gasteiger partial charge in [-0.2, -0.15) is 18.2 Å². The Morgan fingerprint density at radius 1 is 1.00 bits per heavy atom. The molecule has 0 saturated carbocycles. The second kappa shape index (κ2) is 10.1. The van der Waals surface area contributed by atoms with Crippen LogP contribution < -0.4 is 0 Å². The number of carbonyl (C=O) groups is 1. The number of nitrogens with zero attached hydrogens (tertiary/aromatic N) is 3. The highest BCUT2D eigenvalue weighted by Crippen LogP contribution is 2.40. The first-order valence-electron chi connectivity index (χ1n) is 11.2. The Kier molecular flexibility index (Phi) is 7.13. The molecule has 0 spiro atoms. The summed E-state index contributed by atoms with van der Waals surface area (Å²) in [5.74, 6) is -1.74. The van der Waals surface area contributed by atoms with E-state index in [1.54, 1.807) is 51.2 Å². The van der Waals surface area contributed by atoms with E-state index in [1.165, 1.54) is 23.1 Å². The molecule has 0 aliphatic heterocycles. The summed E-state index contributed by atoms with van der Waals surface area (Å²) < 4.78 is 62.0. The smallest absolute Gasteiger partial charge is 0.417 e. The minimum absolute atomic E-state index is 0.0129. The highest BCUT2D eigenvalue weighted by molar-refractivity contribution is 5.74. The monoisotopic (exact) mass is 513 g/mol. The summed E-state index contributed by atoms with van der Waals surface area (Å²) in [6, 6.07) is 13.4. The molecule has 10 heteroatoms. The highest BCUT2D eigenvalue weighted by atomic mass is 19.4. The number of aryl methyl sites for hydroxylation is 2. The lowest BCUT2D eigenvalue weighted by Gasteiger charge is -2.16. The zero-order chi connectivity index (χ0) is 26.9. The molecule has 0 fully saturated rings. The van der Waals surface area contributed by atoms with Gasteiger partial charge in [-0.25, -0.2) is 4.39 Å². The van der Waals surface area contributed by atoms with E-state index >= 15 is 0 Å². The molecule has 192 valence electrons. The molecule has 37 heavy (non-hydrogen) atoms. The molecule has 0 unspecified atom stereocenters. The molecule has 0 atom stereocenters. The number of alkyl halides is 3. The number of aliphatic carboxylic acids is 1. The molecule has 0 aliphatic carbocycles. The fourth-order valence-electron chi connectivity index (χ4n) is 4.14. The maximum atomic E-state index is 14.9. The van der Waals surface area contributed by atoms with Crippen molar-refractivity contribution >= 4 is 5.97 Å². The summed E-state index contributed by atoms with van der Waals surface area (Å²) in [6.45, 7) is 3.23. The van der Waals surface area contributed by atoms with Gasteiger partial charge < -0.3 is 9.63 Å². The number of halogens is 4. The maximum Gasteiger partial charge on any atom is 0.417 e. The minimum atomic E-state index is -4.62. The fourth-order valence-corrected chi connectivity index (χ4v) is 4.14. The van der Waals surface area contributed by atoms with E-state index in [0.717, 1.165) is 6.07 Å². The largest absolute Gasteiger partial charge is 0.480 e. The van der Waals surface area contributed by atoms with Crippen LogP contribution in [-0.4, -0.2) is 39.7 Å². The molecule has 1 aromatic heterocycles. The van der Waals surface area contributed by atoms with E-state index in [2.05, 4.69) is 10.1 Å². The van der Waals surface area contributed by atoms with Gasteiger partial charge in [-0.1, -0.05) is 35.5 Å². The van der Waals surface area contributed by atoms with Crippen molar-refractivity contribution in [3.8, 4) is 34.0 Å². The molecule has 4 rings (SSSR count). The Hall–Kier alpha value is -4.05. The third-order valence-corrected chi connectivity index (χ3v) is 5.94. The van der Waals surface area contributed by atoms with E-state index in [-0.39, 0.29) is 41.5 Å². The maximum absolute atomic E-state index is 14.9. The van der Waals surface area contributed by atoms with Crippen LogP contribution >= 0.6 is 0 Å². The van der Waals surface area contributed by atoms with Crippen LogP contribution in [0, 0.1) is 19.7 Å². The van der Waals surface area contributed by atoms with Crippen molar-refractivity contribution in [2.75, 3.05) is 13.6 Å². The van der Waals surface area contributed by atoms with Gasteiger partial charge in [-0.3, -0.25) is 9.69 Å². The molecule has 1 N–H and O–H groups in total. The van der Waals surface area contributed by atoms with Crippen molar-refractivity contribution in [3.05, 3.63) is 82.7 Å². The van der Waals surface area contributed by atoms with Crippen molar-refractivity contribution < 1.29 is 32.0 Å². The lowest BCUT2D eigenvalue weighted by atomic mass is 9.94. The van der Waals surface area contributed by atoms with Crippen LogP contribution in [0.2, 0.25) is 0 Å². The van der Waals surface area contributed by atoms with Crippen LogP contribution in [-0.2, 0) is 17.5 Å². The van der Waals surface area contributed by atoms with Crippen molar-refractivity contribution in [3.63, 3.8) is 0 Å². The van der Waals surface area contributed by atoms with Crippen LogP contribution in [0.15, 0.2) is 59.1 Å². The summed E-state index contributed by atoms with van der Waals surface area (Å²) in [4.78, 5) is 16.5. The molecule has 1 heterocycles. The topological polar surface area (TPSA) is 79.5 Å². The van der Waals surface area contributed by atoms with Gasteiger partial charge >= 0.3 is 12.1 Å². The number of likely N-dealkylation sites (N-methyl/N-ethyl adjacent to an activating group) is 1. The SMILES string of the molecule is Cc1ccccc1-c1ccc(-c2nc(-c3cc(C)c(CN(C)CC(=O)O)c(F)c3)no2)cc1C(F)(F)F. The molecule has 3 aromatic carbocycles. The number of benzene rings is 3. The molecular formula is C27H23F4N3O3. The van der Waals surface area contributed by atoms with Crippen LogP contribution in [0.3, 0.4) is 0 Å². The van der Waals surface area contributed by atoms with Crippen LogP contribution in [0.25, 0.3) is 34.0 Å². The van der Waals surface area contributed by atoms with E-state index in [9.17, 15) is 22.4 Å². The molecular weight excluding hydrogens is 490 g/mol. The summed E-state index contributed by atoms with van der Waals surface area (Å²) in [7, 11) is 1.56. The van der Waals surface area contributed by atoms with Crippen LogP contribution in [0.5, 0.6) is 0 Å². The average molecular weight is 513 g/mol. The van der Waals surface area contributed by atoms with Gasteiger partial charge in [-0.05, 0) is 67.4 Å². The van der Waals surface area contributed by atoms with E-state index in [4.69, 9.17) is 9.63 Å². The van der Waals surface area contributed by atoms with Crippen molar-refractivity contribution in [1.29, 1.82) is 0 Å². The Balaban J connectivity index is 1.68. The summed E-state index contributed by atoms with van der Waals surface area (Å²) in [5, 5.41) is 12.8. The summed E-state index contributed by atoms with van der Waals surface area (Å²) in [6.07, 6.45) is -4.62. The minimum Gasteiger partial charge on any atom is -0.480 e. The number of hydrogen-bond acceptors (Lipinski definition) is 5. The first-order chi connectivity index (χ1) is 17.4. The third kappa shape index (κ3) is 5.69. The Morgan fingerprint density at radius 3 is 2.38 bits per heavy atom. The van der Waals surface area contributed by atoms with E-state index in [0.29, 0.717) is 22.3 Å². The molecule has 0 bridgehead atoms. The molecule has 0 radical (unpaired) electrons. The van der Waals surface area contributed by atoms with Gasteiger partial charge in [-0.15, -0.1) is 0 Å². The number of hydrogen-bond donors (Lipinski definition) is 1. The Morgan fingerprint density at radius 2 is 1.73 bits per heavy atom. The number of carboxylic acid groups (broad SMARTS) is 1. The van der Waals surface area contributed by atoms with Crippen molar-refractivity contribution in [1.82, 2.24) is 15.0 Å². The van der Waals surface area contributed by atoms with Gasteiger partial charge in [0.25, 0.3) is 5.89 Å². The third-order valence-electron chi connectivity index (χ3n) is 5.94. The molecule has 0 saturated heterocycles.